The fraction of sp³-hybridized carbons (Fsp3) is 0.545. The van der Waals surface area contributed by atoms with Crippen molar-refractivity contribution >= 4 is 11.8 Å². The Balaban J connectivity index is 2.07. The Morgan fingerprint density at radius 2 is 2.23 bits per heavy atom. The quantitative estimate of drug-likeness (QED) is 0.647. The average Bonchev–Trinajstić information content (AvgIpc) is 2.19. The fourth-order valence-corrected chi connectivity index (χ4v) is 1.79. The van der Waals surface area contributed by atoms with Gasteiger partial charge in [-0.1, -0.05) is 12.5 Å². The maximum atomic E-state index is 4.10. The molecule has 2 heteroatoms. The maximum Gasteiger partial charge on any atom is 0.0299 e. The first-order valence-electron chi connectivity index (χ1n) is 4.81. The Hall–Kier alpha value is -0.500. The van der Waals surface area contributed by atoms with E-state index in [1.54, 1.807) is 0 Å². The standard InChI is InChI=1S/C11H17NS/c1-13-9-4-2-3-6-11-7-5-8-12-10-11/h5,7-8,10H,2-4,6,9H2,1H3. The number of aryl methyl sites for hydroxylation is 1. The number of nitrogens with zero attached hydrogens (tertiary/aromatic N) is 1. The molecule has 0 fully saturated rings. The van der Waals surface area contributed by atoms with Gasteiger partial charge in [0.15, 0.2) is 0 Å². The highest BCUT2D eigenvalue weighted by Gasteiger charge is 1.92. The highest BCUT2D eigenvalue weighted by molar-refractivity contribution is 7.98. The predicted molar refractivity (Wildman–Crippen MR) is 60.2 cm³/mol. The van der Waals surface area contributed by atoms with E-state index >= 15 is 0 Å². The molecule has 0 unspecified atom stereocenters. The number of rotatable bonds is 6. The highest BCUT2D eigenvalue weighted by atomic mass is 32.2. The summed E-state index contributed by atoms with van der Waals surface area (Å²) in [5, 5.41) is 0. The van der Waals surface area contributed by atoms with E-state index in [-0.39, 0.29) is 0 Å². The van der Waals surface area contributed by atoms with Crippen molar-refractivity contribution in [3.8, 4) is 0 Å². The first kappa shape index (κ1) is 10.6. The molecule has 1 heterocycles. The third-order valence-corrected chi connectivity index (χ3v) is 2.73. The normalized spacial score (nSPS) is 10.2. The minimum Gasteiger partial charge on any atom is -0.264 e. The zero-order valence-corrected chi connectivity index (χ0v) is 9.02. The molecular formula is C11H17NS. The van der Waals surface area contributed by atoms with Gasteiger partial charge in [-0.3, -0.25) is 4.98 Å². The monoisotopic (exact) mass is 195 g/mol. The van der Waals surface area contributed by atoms with Crippen molar-refractivity contribution in [1.29, 1.82) is 0 Å². The Morgan fingerprint density at radius 1 is 1.31 bits per heavy atom. The SMILES string of the molecule is CSCCCCCc1cccnc1. The largest absolute Gasteiger partial charge is 0.264 e. The van der Waals surface area contributed by atoms with Gasteiger partial charge in [0.25, 0.3) is 0 Å². The summed E-state index contributed by atoms with van der Waals surface area (Å²) in [7, 11) is 0. The van der Waals surface area contributed by atoms with Crippen LogP contribution in [0.5, 0.6) is 0 Å². The molecule has 0 saturated carbocycles. The number of thioether (sulfide) groups is 1. The first-order valence-corrected chi connectivity index (χ1v) is 6.20. The number of hydrogen-bond donors (Lipinski definition) is 0. The van der Waals surface area contributed by atoms with Crippen LogP contribution in [0, 0.1) is 0 Å². The molecule has 72 valence electrons. The molecule has 0 bridgehead atoms. The van der Waals surface area contributed by atoms with Crippen LogP contribution in [0.3, 0.4) is 0 Å². The predicted octanol–water partition coefficient (Wildman–Crippen LogP) is 3.16. The van der Waals surface area contributed by atoms with Gasteiger partial charge in [0.1, 0.15) is 0 Å². The van der Waals surface area contributed by atoms with Crippen molar-refractivity contribution < 1.29 is 0 Å². The molecule has 1 nitrogen and oxygen atoms in total. The molecule has 1 rings (SSSR count). The summed E-state index contributed by atoms with van der Waals surface area (Å²) < 4.78 is 0. The smallest absolute Gasteiger partial charge is 0.0299 e. The molecule has 0 saturated heterocycles. The van der Waals surface area contributed by atoms with E-state index in [0.29, 0.717) is 0 Å². The van der Waals surface area contributed by atoms with Gasteiger partial charge in [-0.25, -0.2) is 0 Å². The van der Waals surface area contributed by atoms with Crippen molar-refractivity contribution in [3.05, 3.63) is 30.1 Å². The van der Waals surface area contributed by atoms with Crippen molar-refractivity contribution in [2.24, 2.45) is 0 Å². The summed E-state index contributed by atoms with van der Waals surface area (Å²) in [5.41, 5.74) is 1.37. The molecule has 0 aliphatic rings. The Morgan fingerprint density at radius 3 is 2.92 bits per heavy atom. The summed E-state index contributed by atoms with van der Waals surface area (Å²) in [6.07, 6.45) is 11.1. The second-order valence-corrected chi connectivity index (χ2v) is 4.15. The maximum absolute atomic E-state index is 4.10. The third-order valence-electron chi connectivity index (χ3n) is 2.04. The second kappa shape index (κ2) is 6.96. The summed E-state index contributed by atoms with van der Waals surface area (Å²) in [6, 6.07) is 4.17. The van der Waals surface area contributed by atoms with Crippen LogP contribution in [0.1, 0.15) is 24.8 Å². The van der Waals surface area contributed by atoms with Gasteiger partial charge in [-0.05, 0) is 42.9 Å². The van der Waals surface area contributed by atoms with E-state index in [1.165, 1.54) is 37.0 Å². The zero-order valence-electron chi connectivity index (χ0n) is 8.20. The van der Waals surface area contributed by atoms with Gasteiger partial charge in [0, 0.05) is 12.4 Å². The van der Waals surface area contributed by atoms with Crippen molar-refractivity contribution in [3.63, 3.8) is 0 Å². The molecule has 0 radical (unpaired) electrons. The van der Waals surface area contributed by atoms with Gasteiger partial charge in [-0.15, -0.1) is 0 Å². The van der Waals surface area contributed by atoms with E-state index in [4.69, 9.17) is 0 Å². The number of unbranched alkanes of at least 4 members (excludes halogenated alkanes) is 2. The number of pyridine rings is 1. The molecular weight excluding hydrogens is 178 g/mol. The Labute approximate surface area is 85.0 Å². The van der Waals surface area contributed by atoms with Crippen molar-refractivity contribution in [2.75, 3.05) is 12.0 Å². The summed E-state index contributed by atoms with van der Waals surface area (Å²) in [4.78, 5) is 4.10. The fourth-order valence-electron chi connectivity index (χ4n) is 1.30. The molecule has 0 aromatic carbocycles. The lowest BCUT2D eigenvalue weighted by atomic mass is 10.1. The van der Waals surface area contributed by atoms with Crippen LogP contribution in [0.2, 0.25) is 0 Å². The van der Waals surface area contributed by atoms with Gasteiger partial charge in [0.2, 0.25) is 0 Å². The van der Waals surface area contributed by atoms with Gasteiger partial charge >= 0.3 is 0 Å². The molecule has 0 aliphatic heterocycles. The Bertz CT molecular complexity index is 211. The molecule has 13 heavy (non-hydrogen) atoms. The van der Waals surface area contributed by atoms with Crippen LogP contribution < -0.4 is 0 Å². The second-order valence-electron chi connectivity index (χ2n) is 3.16. The molecule has 0 aliphatic carbocycles. The van der Waals surface area contributed by atoms with E-state index in [2.05, 4.69) is 17.3 Å². The van der Waals surface area contributed by atoms with Crippen molar-refractivity contribution in [1.82, 2.24) is 4.98 Å². The van der Waals surface area contributed by atoms with Crippen LogP contribution in [0.15, 0.2) is 24.5 Å². The van der Waals surface area contributed by atoms with E-state index in [1.807, 2.05) is 30.2 Å². The van der Waals surface area contributed by atoms with E-state index in [0.717, 1.165) is 0 Å². The number of aromatic nitrogens is 1. The van der Waals surface area contributed by atoms with Gasteiger partial charge in [-0.2, -0.15) is 11.8 Å². The summed E-state index contributed by atoms with van der Waals surface area (Å²) >= 11 is 1.94. The minimum atomic E-state index is 1.18. The lowest BCUT2D eigenvalue weighted by molar-refractivity contribution is 0.721. The van der Waals surface area contributed by atoms with Crippen molar-refractivity contribution in [2.45, 2.75) is 25.7 Å². The molecule has 1 aromatic heterocycles. The van der Waals surface area contributed by atoms with Crippen LogP contribution >= 0.6 is 11.8 Å². The third kappa shape index (κ3) is 4.94. The zero-order chi connectivity index (χ0) is 9.36. The molecule has 0 atom stereocenters. The topological polar surface area (TPSA) is 12.9 Å². The lowest BCUT2D eigenvalue weighted by Crippen LogP contribution is -1.87. The molecule has 0 N–H and O–H groups in total. The highest BCUT2D eigenvalue weighted by Crippen LogP contribution is 2.07. The van der Waals surface area contributed by atoms with Crippen LogP contribution in [-0.4, -0.2) is 17.0 Å². The van der Waals surface area contributed by atoms with Gasteiger partial charge in [0.05, 0.1) is 0 Å². The molecule has 0 spiro atoms. The Kier molecular flexibility index (Phi) is 5.66. The number of hydrogen-bond acceptors (Lipinski definition) is 2. The van der Waals surface area contributed by atoms with E-state index in [9.17, 15) is 0 Å². The minimum absolute atomic E-state index is 1.18. The summed E-state index contributed by atoms with van der Waals surface area (Å²) in [6.45, 7) is 0. The molecule has 1 aromatic rings. The van der Waals surface area contributed by atoms with Crippen LogP contribution in [0.25, 0.3) is 0 Å². The first-order chi connectivity index (χ1) is 6.43. The lowest BCUT2D eigenvalue weighted by Gasteiger charge is -1.99. The van der Waals surface area contributed by atoms with Crippen LogP contribution in [0.4, 0.5) is 0 Å². The average molecular weight is 195 g/mol. The van der Waals surface area contributed by atoms with E-state index < -0.39 is 0 Å². The molecule has 0 amide bonds. The summed E-state index contributed by atoms with van der Waals surface area (Å²) in [5.74, 6) is 1.30. The van der Waals surface area contributed by atoms with Gasteiger partial charge < -0.3 is 0 Å². The van der Waals surface area contributed by atoms with Crippen LogP contribution in [-0.2, 0) is 6.42 Å².